The summed E-state index contributed by atoms with van der Waals surface area (Å²) in [6.45, 7) is 0. The third kappa shape index (κ3) is 1.88. The minimum Gasteiger partial charge on any atom is -0.232 e. The van der Waals surface area contributed by atoms with Crippen molar-refractivity contribution in [1.82, 2.24) is 9.97 Å². The van der Waals surface area contributed by atoms with Gasteiger partial charge < -0.3 is 0 Å². The summed E-state index contributed by atoms with van der Waals surface area (Å²) in [5, 5.41) is 0.365. The molecule has 6 heteroatoms. The quantitative estimate of drug-likeness (QED) is 0.633. The molecule has 0 aliphatic carbocycles. The first-order chi connectivity index (χ1) is 6.97. The van der Waals surface area contributed by atoms with E-state index in [2.05, 4.69) is 9.97 Å². The number of fused-ring (bicyclic) bond motifs is 1. The Kier molecular flexibility index (Phi) is 2.06. The fraction of sp³-hybridized carbons (Fsp3) is 0.111. The molecule has 0 fully saturated rings. The van der Waals surface area contributed by atoms with E-state index in [9.17, 15) is 17.6 Å². The molecule has 2 rings (SSSR count). The first-order valence-electron chi connectivity index (χ1n) is 3.96. The lowest BCUT2D eigenvalue weighted by atomic mass is 10.2. The van der Waals surface area contributed by atoms with Gasteiger partial charge in [0.1, 0.15) is 5.82 Å². The van der Waals surface area contributed by atoms with Crippen molar-refractivity contribution in [3.05, 3.63) is 36.0 Å². The average Bonchev–Trinajstić information content (AvgIpc) is 2.15. The molecule has 0 aliphatic heterocycles. The van der Waals surface area contributed by atoms with Crippen molar-refractivity contribution in [2.24, 2.45) is 0 Å². The van der Waals surface area contributed by atoms with Crippen molar-refractivity contribution in [2.45, 2.75) is 6.18 Å². The Balaban J connectivity index is 2.64. The molecule has 1 aromatic heterocycles. The van der Waals surface area contributed by atoms with Crippen LogP contribution in [0.1, 0.15) is 5.82 Å². The first-order valence-corrected chi connectivity index (χ1v) is 3.96. The van der Waals surface area contributed by atoms with Gasteiger partial charge in [-0.3, -0.25) is 0 Å². The number of aromatic nitrogens is 2. The predicted molar refractivity (Wildman–Crippen MR) is 44.5 cm³/mol. The van der Waals surface area contributed by atoms with Gasteiger partial charge in [0.15, 0.2) is 0 Å². The van der Waals surface area contributed by atoms with Crippen LogP contribution in [-0.4, -0.2) is 9.97 Å². The maximum atomic E-state index is 12.7. The van der Waals surface area contributed by atoms with Crippen LogP contribution in [0.3, 0.4) is 0 Å². The number of benzene rings is 1. The molecule has 2 nitrogen and oxygen atoms in total. The van der Waals surface area contributed by atoms with E-state index >= 15 is 0 Å². The zero-order valence-corrected chi connectivity index (χ0v) is 7.22. The van der Waals surface area contributed by atoms with Gasteiger partial charge >= 0.3 is 6.18 Å². The molecule has 0 spiro atoms. The lowest BCUT2D eigenvalue weighted by molar-refractivity contribution is -0.144. The highest BCUT2D eigenvalue weighted by Gasteiger charge is 2.34. The molecule has 15 heavy (non-hydrogen) atoms. The van der Waals surface area contributed by atoms with Gasteiger partial charge in [0.25, 0.3) is 0 Å². The topological polar surface area (TPSA) is 25.8 Å². The second kappa shape index (κ2) is 3.15. The smallest absolute Gasteiger partial charge is 0.232 e. The maximum absolute atomic E-state index is 12.7. The Bertz CT molecular complexity index is 507. The van der Waals surface area contributed by atoms with E-state index in [-0.39, 0.29) is 5.52 Å². The van der Waals surface area contributed by atoms with Crippen LogP contribution in [0.2, 0.25) is 0 Å². The molecule has 1 heterocycles. The van der Waals surface area contributed by atoms with Gasteiger partial charge in [-0.1, -0.05) is 0 Å². The third-order valence-corrected chi connectivity index (χ3v) is 1.80. The highest BCUT2D eigenvalue weighted by Crippen LogP contribution is 2.27. The summed E-state index contributed by atoms with van der Waals surface area (Å²) in [6, 6.07) is 3.40. The molecular formula is C9H4F4N2. The van der Waals surface area contributed by atoms with Crippen LogP contribution in [0.4, 0.5) is 17.6 Å². The lowest BCUT2D eigenvalue weighted by Crippen LogP contribution is -2.10. The molecule has 2 aromatic rings. The van der Waals surface area contributed by atoms with Crippen LogP contribution in [0, 0.1) is 5.82 Å². The molecule has 0 aliphatic rings. The second-order valence-electron chi connectivity index (χ2n) is 2.89. The summed E-state index contributed by atoms with van der Waals surface area (Å²) in [7, 11) is 0. The fourth-order valence-corrected chi connectivity index (χ4v) is 1.13. The van der Waals surface area contributed by atoms with Crippen LogP contribution in [-0.2, 0) is 6.18 Å². The van der Waals surface area contributed by atoms with E-state index in [1.807, 2.05) is 0 Å². The zero-order chi connectivity index (χ0) is 11.1. The highest BCUT2D eigenvalue weighted by atomic mass is 19.4. The SMILES string of the molecule is Fc1ccc2cnc(C(F)(F)F)nc2c1. The Morgan fingerprint density at radius 1 is 1.13 bits per heavy atom. The van der Waals surface area contributed by atoms with Crippen LogP contribution in [0.5, 0.6) is 0 Å². The van der Waals surface area contributed by atoms with E-state index in [1.165, 1.54) is 6.07 Å². The van der Waals surface area contributed by atoms with Crippen molar-refractivity contribution in [2.75, 3.05) is 0 Å². The molecule has 0 atom stereocenters. The minimum absolute atomic E-state index is 0.0580. The van der Waals surface area contributed by atoms with Crippen molar-refractivity contribution < 1.29 is 17.6 Å². The van der Waals surface area contributed by atoms with Gasteiger partial charge in [-0.2, -0.15) is 13.2 Å². The molecular weight excluding hydrogens is 212 g/mol. The molecule has 1 aromatic carbocycles. The summed E-state index contributed by atoms with van der Waals surface area (Å²) in [5.41, 5.74) is -0.0580. The first kappa shape index (κ1) is 9.82. The largest absolute Gasteiger partial charge is 0.451 e. The summed E-state index contributed by atoms with van der Waals surface area (Å²) in [5.74, 6) is -1.89. The molecule has 78 valence electrons. The molecule has 0 radical (unpaired) electrons. The Morgan fingerprint density at radius 2 is 1.87 bits per heavy atom. The standard InChI is InChI=1S/C9H4F4N2/c10-6-2-1-5-4-14-8(9(11,12)13)15-7(5)3-6/h1-4H. The number of nitrogens with zero attached hydrogens (tertiary/aromatic N) is 2. The van der Waals surface area contributed by atoms with Crippen LogP contribution < -0.4 is 0 Å². The molecule has 0 N–H and O–H groups in total. The number of hydrogen-bond donors (Lipinski definition) is 0. The van der Waals surface area contributed by atoms with Crippen molar-refractivity contribution in [1.29, 1.82) is 0 Å². The zero-order valence-electron chi connectivity index (χ0n) is 7.22. The Labute approximate surface area is 81.6 Å². The summed E-state index contributed by atoms with van der Waals surface area (Å²) in [6.07, 6.45) is -3.59. The molecule has 0 saturated heterocycles. The van der Waals surface area contributed by atoms with E-state index in [1.54, 1.807) is 0 Å². The summed E-state index contributed by atoms with van der Waals surface area (Å²) in [4.78, 5) is 6.38. The van der Waals surface area contributed by atoms with Crippen molar-refractivity contribution in [3.8, 4) is 0 Å². The molecule has 0 saturated carbocycles. The Hall–Kier alpha value is -1.72. The van der Waals surface area contributed by atoms with Crippen LogP contribution >= 0.6 is 0 Å². The van der Waals surface area contributed by atoms with Crippen molar-refractivity contribution >= 4 is 10.9 Å². The normalized spacial score (nSPS) is 12.0. The fourth-order valence-electron chi connectivity index (χ4n) is 1.13. The summed E-state index contributed by atoms with van der Waals surface area (Å²) < 4.78 is 49.3. The van der Waals surface area contributed by atoms with E-state index < -0.39 is 17.8 Å². The Morgan fingerprint density at radius 3 is 2.53 bits per heavy atom. The number of hydrogen-bond acceptors (Lipinski definition) is 2. The number of rotatable bonds is 0. The predicted octanol–water partition coefficient (Wildman–Crippen LogP) is 2.79. The van der Waals surface area contributed by atoms with Gasteiger partial charge in [-0.05, 0) is 12.1 Å². The highest BCUT2D eigenvalue weighted by molar-refractivity contribution is 5.77. The van der Waals surface area contributed by atoms with E-state index in [4.69, 9.17) is 0 Å². The average molecular weight is 216 g/mol. The monoisotopic (exact) mass is 216 g/mol. The van der Waals surface area contributed by atoms with Gasteiger partial charge in [0.05, 0.1) is 5.52 Å². The van der Waals surface area contributed by atoms with Crippen LogP contribution in [0.15, 0.2) is 24.4 Å². The van der Waals surface area contributed by atoms with Gasteiger partial charge in [-0.15, -0.1) is 0 Å². The minimum atomic E-state index is -4.61. The second-order valence-corrected chi connectivity index (χ2v) is 2.89. The van der Waals surface area contributed by atoms with Gasteiger partial charge in [-0.25, -0.2) is 14.4 Å². The van der Waals surface area contributed by atoms with E-state index in [0.29, 0.717) is 5.39 Å². The molecule has 0 bridgehead atoms. The number of halogens is 4. The summed E-state index contributed by atoms with van der Waals surface area (Å²) >= 11 is 0. The number of alkyl halides is 3. The lowest BCUT2D eigenvalue weighted by Gasteiger charge is -2.04. The van der Waals surface area contributed by atoms with Crippen molar-refractivity contribution in [3.63, 3.8) is 0 Å². The van der Waals surface area contributed by atoms with Crippen LogP contribution in [0.25, 0.3) is 10.9 Å². The molecule has 0 amide bonds. The van der Waals surface area contributed by atoms with Gasteiger partial charge in [0.2, 0.25) is 5.82 Å². The maximum Gasteiger partial charge on any atom is 0.451 e. The van der Waals surface area contributed by atoms with E-state index in [0.717, 1.165) is 18.3 Å². The third-order valence-electron chi connectivity index (χ3n) is 1.80. The van der Waals surface area contributed by atoms with Gasteiger partial charge in [0, 0.05) is 17.6 Å². The molecule has 0 unspecified atom stereocenters.